The normalized spacial score (nSPS) is 27.0. The Balaban J connectivity index is 1.93. The summed E-state index contributed by atoms with van der Waals surface area (Å²) in [7, 11) is 1.69. The molecule has 1 unspecified atom stereocenters. The first-order valence-corrected chi connectivity index (χ1v) is 6.30. The van der Waals surface area contributed by atoms with Gasteiger partial charge in [0.25, 0.3) is 0 Å². The minimum Gasteiger partial charge on any atom is -0.381 e. The first-order valence-electron chi connectivity index (χ1n) is 6.30. The van der Waals surface area contributed by atoms with Crippen molar-refractivity contribution in [1.29, 1.82) is 0 Å². The molecule has 1 heterocycles. The number of aromatic nitrogens is 2. The highest BCUT2D eigenvalue weighted by Crippen LogP contribution is 2.31. The van der Waals surface area contributed by atoms with E-state index in [1.54, 1.807) is 7.11 Å². The molecule has 1 aromatic heterocycles. The van der Waals surface area contributed by atoms with E-state index in [2.05, 4.69) is 10.1 Å². The molecule has 1 atom stereocenters. The highest BCUT2D eigenvalue weighted by molar-refractivity contribution is 4.97. The van der Waals surface area contributed by atoms with Crippen LogP contribution in [0.3, 0.4) is 0 Å². The van der Waals surface area contributed by atoms with Crippen LogP contribution in [0.5, 0.6) is 0 Å². The lowest BCUT2D eigenvalue weighted by Crippen LogP contribution is -2.25. The molecule has 1 saturated carbocycles. The van der Waals surface area contributed by atoms with Gasteiger partial charge in [0.15, 0.2) is 5.82 Å². The Morgan fingerprint density at radius 2 is 2.12 bits per heavy atom. The smallest absolute Gasteiger partial charge is 0.229 e. The Kier molecular flexibility index (Phi) is 4.12. The van der Waals surface area contributed by atoms with E-state index in [4.69, 9.17) is 15.0 Å². The highest BCUT2D eigenvalue weighted by Gasteiger charge is 2.24. The van der Waals surface area contributed by atoms with E-state index in [1.807, 2.05) is 6.92 Å². The molecule has 1 aliphatic rings. The molecule has 0 bridgehead atoms. The molecule has 1 fully saturated rings. The summed E-state index contributed by atoms with van der Waals surface area (Å²) in [6, 6.07) is 0.349. The molecule has 0 radical (unpaired) electrons. The van der Waals surface area contributed by atoms with Crippen LogP contribution < -0.4 is 5.73 Å². The molecular weight excluding hydrogens is 218 g/mol. The number of hydrogen-bond acceptors (Lipinski definition) is 5. The Morgan fingerprint density at radius 1 is 1.41 bits per heavy atom. The Labute approximate surface area is 102 Å². The molecule has 17 heavy (non-hydrogen) atoms. The summed E-state index contributed by atoms with van der Waals surface area (Å²) < 4.78 is 10.5. The first-order chi connectivity index (χ1) is 8.19. The first kappa shape index (κ1) is 12.5. The van der Waals surface area contributed by atoms with Crippen LogP contribution in [-0.2, 0) is 11.2 Å². The number of ether oxygens (including phenoxy) is 1. The summed E-state index contributed by atoms with van der Waals surface area (Å²) in [6.07, 6.45) is 5.05. The Bertz CT molecular complexity index is 345. The van der Waals surface area contributed by atoms with Crippen molar-refractivity contribution in [2.75, 3.05) is 7.11 Å². The number of hydrogen-bond donors (Lipinski definition) is 1. The van der Waals surface area contributed by atoms with E-state index >= 15 is 0 Å². The topological polar surface area (TPSA) is 74.2 Å². The summed E-state index contributed by atoms with van der Waals surface area (Å²) in [5, 5.41) is 4.00. The molecule has 1 aliphatic carbocycles. The van der Waals surface area contributed by atoms with Gasteiger partial charge in [0.1, 0.15) is 0 Å². The molecule has 0 spiro atoms. The quantitative estimate of drug-likeness (QED) is 0.864. The van der Waals surface area contributed by atoms with Crippen LogP contribution in [0, 0.1) is 0 Å². The van der Waals surface area contributed by atoms with Crippen molar-refractivity contribution < 1.29 is 9.26 Å². The standard InChI is InChI=1S/C12H21N3O2/c1-8(16-2)7-11-14-12(17-15-11)9-3-5-10(13)6-4-9/h8-10H,3-7,13H2,1-2H3. The van der Waals surface area contributed by atoms with Crippen molar-refractivity contribution in [2.45, 2.75) is 57.1 Å². The molecule has 0 saturated heterocycles. The lowest BCUT2D eigenvalue weighted by Gasteiger charge is -2.22. The summed E-state index contributed by atoms with van der Waals surface area (Å²) in [5.41, 5.74) is 5.88. The van der Waals surface area contributed by atoms with Crippen molar-refractivity contribution in [3.63, 3.8) is 0 Å². The van der Waals surface area contributed by atoms with Crippen molar-refractivity contribution >= 4 is 0 Å². The van der Waals surface area contributed by atoms with Crippen LogP contribution in [0.4, 0.5) is 0 Å². The molecule has 0 amide bonds. The van der Waals surface area contributed by atoms with Crippen LogP contribution in [0.1, 0.15) is 50.2 Å². The zero-order valence-electron chi connectivity index (χ0n) is 10.6. The molecular formula is C12H21N3O2. The second-order valence-electron chi connectivity index (χ2n) is 4.91. The highest BCUT2D eigenvalue weighted by atomic mass is 16.5. The van der Waals surface area contributed by atoms with E-state index in [1.165, 1.54) is 0 Å². The Morgan fingerprint density at radius 3 is 2.76 bits per heavy atom. The van der Waals surface area contributed by atoms with Gasteiger partial charge >= 0.3 is 0 Å². The summed E-state index contributed by atoms with van der Waals surface area (Å²) in [6.45, 7) is 2.00. The number of rotatable bonds is 4. The zero-order chi connectivity index (χ0) is 12.3. The van der Waals surface area contributed by atoms with Crippen molar-refractivity contribution in [3.05, 3.63) is 11.7 Å². The van der Waals surface area contributed by atoms with Crippen LogP contribution in [0.2, 0.25) is 0 Å². The SMILES string of the molecule is COC(C)Cc1noc(C2CCC(N)CC2)n1. The van der Waals surface area contributed by atoms with Gasteiger partial charge < -0.3 is 15.0 Å². The monoisotopic (exact) mass is 239 g/mol. The number of nitrogens with two attached hydrogens (primary N) is 1. The minimum atomic E-state index is 0.125. The molecule has 0 aromatic carbocycles. The van der Waals surface area contributed by atoms with E-state index in [0.717, 1.165) is 37.4 Å². The van der Waals surface area contributed by atoms with Crippen LogP contribution in [0.15, 0.2) is 4.52 Å². The average molecular weight is 239 g/mol. The van der Waals surface area contributed by atoms with Gasteiger partial charge in [-0.3, -0.25) is 0 Å². The molecule has 5 nitrogen and oxygen atoms in total. The van der Waals surface area contributed by atoms with Crippen molar-refractivity contribution in [1.82, 2.24) is 10.1 Å². The lowest BCUT2D eigenvalue weighted by atomic mass is 9.86. The lowest BCUT2D eigenvalue weighted by molar-refractivity contribution is 0.116. The fraction of sp³-hybridized carbons (Fsp3) is 0.833. The van der Waals surface area contributed by atoms with E-state index < -0.39 is 0 Å². The number of nitrogens with zero attached hydrogens (tertiary/aromatic N) is 2. The summed E-state index contributed by atoms with van der Waals surface area (Å²) in [5.74, 6) is 1.91. The summed E-state index contributed by atoms with van der Waals surface area (Å²) in [4.78, 5) is 4.45. The van der Waals surface area contributed by atoms with Gasteiger partial charge in [-0.1, -0.05) is 5.16 Å². The molecule has 0 aliphatic heterocycles. The van der Waals surface area contributed by atoms with Gasteiger partial charge in [-0.05, 0) is 32.6 Å². The van der Waals surface area contributed by atoms with E-state index in [0.29, 0.717) is 18.4 Å². The second kappa shape index (κ2) is 5.60. The van der Waals surface area contributed by atoms with Crippen LogP contribution in [0.25, 0.3) is 0 Å². The third-order valence-corrected chi connectivity index (χ3v) is 3.48. The molecule has 2 N–H and O–H groups in total. The molecule has 96 valence electrons. The minimum absolute atomic E-state index is 0.125. The van der Waals surface area contributed by atoms with Gasteiger partial charge in [-0.25, -0.2) is 0 Å². The maximum absolute atomic E-state index is 5.88. The maximum Gasteiger partial charge on any atom is 0.229 e. The van der Waals surface area contributed by atoms with Crippen molar-refractivity contribution in [2.24, 2.45) is 5.73 Å². The largest absolute Gasteiger partial charge is 0.381 e. The Hall–Kier alpha value is -0.940. The molecule has 1 aromatic rings. The fourth-order valence-electron chi connectivity index (χ4n) is 2.22. The van der Waals surface area contributed by atoms with E-state index in [-0.39, 0.29) is 6.10 Å². The van der Waals surface area contributed by atoms with Gasteiger partial charge in [0, 0.05) is 25.5 Å². The van der Waals surface area contributed by atoms with Gasteiger partial charge in [-0.15, -0.1) is 0 Å². The zero-order valence-corrected chi connectivity index (χ0v) is 10.6. The van der Waals surface area contributed by atoms with E-state index in [9.17, 15) is 0 Å². The van der Waals surface area contributed by atoms with Gasteiger partial charge in [0.05, 0.1) is 6.10 Å². The van der Waals surface area contributed by atoms with Crippen LogP contribution >= 0.6 is 0 Å². The third kappa shape index (κ3) is 3.26. The summed E-state index contributed by atoms with van der Waals surface area (Å²) >= 11 is 0. The van der Waals surface area contributed by atoms with Crippen molar-refractivity contribution in [3.8, 4) is 0 Å². The fourth-order valence-corrected chi connectivity index (χ4v) is 2.22. The predicted octanol–water partition coefficient (Wildman–Crippen LogP) is 1.63. The molecule has 2 rings (SSSR count). The van der Waals surface area contributed by atoms with Crippen LogP contribution in [-0.4, -0.2) is 29.4 Å². The predicted molar refractivity (Wildman–Crippen MR) is 63.7 cm³/mol. The maximum atomic E-state index is 5.88. The third-order valence-electron chi connectivity index (χ3n) is 3.48. The number of methoxy groups -OCH3 is 1. The van der Waals surface area contributed by atoms with Gasteiger partial charge in [-0.2, -0.15) is 4.98 Å². The second-order valence-corrected chi connectivity index (χ2v) is 4.91. The average Bonchev–Trinajstić information content (AvgIpc) is 2.78. The van der Waals surface area contributed by atoms with Gasteiger partial charge in [0.2, 0.25) is 5.89 Å². The molecule has 5 heteroatoms.